The highest BCUT2D eigenvalue weighted by molar-refractivity contribution is 5.95. The molecule has 4 nitrogen and oxygen atoms in total. The summed E-state index contributed by atoms with van der Waals surface area (Å²) in [6.07, 6.45) is 1.82. The topological polar surface area (TPSA) is 45.2 Å². The average Bonchev–Trinajstić information content (AvgIpc) is 2.65. The van der Waals surface area contributed by atoms with Crippen LogP contribution in [0.3, 0.4) is 0 Å². The number of carbonyl (C=O) groups is 1. The minimum Gasteiger partial charge on any atom is -0.377 e. The molecule has 1 aliphatic heterocycles. The number of nitrogens with zero attached hydrogens (tertiary/aromatic N) is 2. The summed E-state index contributed by atoms with van der Waals surface area (Å²) in [4.78, 5) is 18.6. The van der Waals surface area contributed by atoms with Gasteiger partial charge in [-0.25, -0.2) is 0 Å². The predicted octanol–water partition coefficient (Wildman–Crippen LogP) is 4.78. The van der Waals surface area contributed by atoms with Crippen molar-refractivity contribution in [2.75, 3.05) is 10.2 Å². The average molecular weight is 345 g/mol. The van der Waals surface area contributed by atoms with E-state index < -0.39 is 0 Å². The predicted molar refractivity (Wildman–Crippen MR) is 106 cm³/mol. The third-order valence-electron chi connectivity index (χ3n) is 5.52. The lowest BCUT2D eigenvalue weighted by atomic mass is 9.82. The fourth-order valence-electron chi connectivity index (χ4n) is 4.05. The smallest absolute Gasteiger partial charge is 0.224 e. The Labute approximate surface area is 153 Å². The number of para-hydroxylation sites is 1. The van der Waals surface area contributed by atoms with Crippen molar-refractivity contribution in [1.82, 2.24) is 4.98 Å². The van der Waals surface area contributed by atoms with Gasteiger partial charge in [-0.15, -0.1) is 0 Å². The Kier molecular flexibility index (Phi) is 4.11. The molecule has 0 saturated carbocycles. The van der Waals surface area contributed by atoms with Gasteiger partial charge in [-0.3, -0.25) is 9.78 Å². The van der Waals surface area contributed by atoms with E-state index in [-0.39, 0.29) is 23.9 Å². The van der Waals surface area contributed by atoms with Crippen LogP contribution in [0.4, 0.5) is 11.4 Å². The molecular formula is C22H23N3O. The standard InChI is InChI=1S/C22H23N3O/c1-14-15(2)25(16(3)26)21-12-5-4-8-18(21)22(14)24-20-11-6-10-19-17(20)9-7-13-23-19/h4-15,22,24H,1-3H3/t14-,15-,22+/m0/s1. The molecule has 3 aromatic rings. The molecule has 0 bridgehead atoms. The fraction of sp³-hybridized carbons (Fsp3) is 0.273. The second-order valence-corrected chi connectivity index (χ2v) is 7.05. The molecule has 0 saturated heterocycles. The number of rotatable bonds is 2. The first-order valence-corrected chi connectivity index (χ1v) is 9.07. The van der Waals surface area contributed by atoms with Crippen molar-refractivity contribution >= 4 is 28.2 Å². The summed E-state index contributed by atoms with van der Waals surface area (Å²) in [6, 6.07) is 18.7. The monoisotopic (exact) mass is 345 g/mol. The van der Waals surface area contributed by atoms with E-state index in [1.807, 2.05) is 47.5 Å². The van der Waals surface area contributed by atoms with Gasteiger partial charge in [-0.2, -0.15) is 0 Å². The molecule has 132 valence electrons. The lowest BCUT2D eigenvalue weighted by Crippen LogP contribution is -2.48. The maximum Gasteiger partial charge on any atom is 0.224 e. The van der Waals surface area contributed by atoms with Gasteiger partial charge < -0.3 is 10.2 Å². The van der Waals surface area contributed by atoms with E-state index >= 15 is 0 Å². The normalized spacial score (nSPS) is 22.1. The minimum atomic E-state index is 0.0876. The molecule has 0 spiro atoms. The van der Waals surface area contributed by atoms with Gasteiger partial charge in [0.1, 0.15) is 0 Å². The van der Waals surface area contributed by atoms with Crippen molar-refractivity contribution in [3.05, 3.63) is 66.4 Å². The summed E-state index contributed by atoms with van der Waals surface area (Å²) in [7, 11) is 0. The number of fused-ring (bicyclic) bond motifs is 2. The first-order chi connectivity index (χ1) is 12.6. The SMILES string of the molecule is CC(=O)N1c2ccccc2[C@H](Nc2cccc3ncccc23)[C@@H](C)[C@@H]1C. The molecule has 3 atom stereocenters. The molecule has 0 unspecified atom stereocenters. The van der Waals surface area contributed by atoms with Gasteiger partial charge in [0.25, 0.3) is 0 Å². The van der Waals surface area contributed by atoms with Gasteiger partial charge in [0, 0.05) is 41.8 Å². The number of hydrogen-bond donors (Lipinski definition) is 1. The Hall–Kier alpha value is -2.88. The summed E-state index contributed by atoms with van der Waals surface area (Å²) in [5.41, 5.74) is 4.22. The first kappa shape index (κ1) is 16.6. The van der Waals surface area contributed by atoms with Crippen LogP contribution < -0.4 is 10.2 Å². The molecule has 0 fully saturated rings. The number of carbonyl (C=O) groups excluding carboxylic acids is 1. The van der Waals surface area contributed by atoms with Crippen LogP contribution in [0.2, 0.25) is 0 Å². The quantitative estimate of drug-likeness (QED) is 0.727. The van der Waals surface area contributed by atoms with Crippen LogP contribution in [0.5, 0.6) is 0 Å². The first-order valence-electron chi connectivity index (χ1n) is 9.07. The van der Waals surface area contributed by atoms with Crippen molar-refractivity contribution in [3.8, 4) is 0 Å². The van der Waals surface area contributed by atoms with Crippen LogP contribution in [0.25, 0.3) is 10.9 Å². The van der Waals surface area contributed by atoms with Crippen LogP contribution in [-0.4, -0.2) is 16.9 Å². The maximum atomic E-state index is 12.3. The molecule has 2 aromatic carbocycles. The summed E-state index contributed by atoms with van der Waals surface area (Å²) < 4.78 is 0. The Balaban J connectivity index is 1.80. The van der Waals surface area contributed by atoms with Gasteiger partial charge in [0.15, 0.2) is 0 Å². The number of pyridine rings is 1. The summed E-state index contributed by atoms with van der Waals surface area (Å²) in [6.45, 7) is 5.98. The van der Waals surface area contributed by atoms with Crippen LogP contribution >= 0.6 is 0 Å². The van der Waals surface area contributed by atoms with Crippen molar-refractivity contribution in [1.29, 1.82) is 0 Å². The van der Waals surface area contributed by atoms with Crippen molar-refractivity contribution in [3.63, 3.8) is 0 Å². The number of benzene rings is 2. The number of amides is 1. The molecule has 1 aliphatic rings. The minimum absolute atomic E-state index is 0.0876. The largest absolute Gasteiger partial charge is 0.377 e. The summed E-state index contributed by atoms with van der Waals surface area (Å²) in [5.74, 6) is 0.352. The van der Waals surface area contributed by atoms with Crippen LogP contribution in [0, 0.1) is 5.92 Å². The van der Waals surface area contributed by atoms with Crippen LogP contribution in [0.15, 0.2) is 60.8 Å². The van der Waals surface area contributed by atoms with E-state index in [9.17, 15) is 4.79 Å². The van der Waals surface area contributed by atoms with Gasteiger partial charge >= 0.3 is 0 Å². The fourth-order valence-corrected chi connectivity index (χ4v) is 4.05. The molecule has 1 aromatic heterocycles. The second-order valence-electron chi connectivity index (χ2n) is 7.05. The molecule has 1 N–H and O–H groups in total. The molecule has 2 heterocycles. The molecular weight excluding hydrogens is 322 g/mol. The zero-order chi connectivity index (χ0) is 18.3. The van der Waals surface area contributed by atoms with Gasteiger partial charge in [0.05, 0.1) is 11.6 Å². The van der Waals surface area contributed by atoms with E-state index in [1.165, 1.54) is 0 Å². The zero-order valence-corrected chi connectivity index (χ0v) is 15.3. The van der Waals surface area contributed by atoms with E-state index in [2.05, 4.69) is 42.3 Å². The van der Waals surface area contributed by atoms with Crippen molar-refractivity contribution < 1.29 is 4.79 Å². The highest BCUT2D eigenvalue weighted by Gasteiger charge is 2.37. The van der Waals surface area contributed by atoms with Gasteiger partial charge in [-0.1, -0.05) is 31.2 Å². The third kappa shape index (κ3) is 2.62. The second kappa shape index (κ2) is 6.45. The number of nitrogens with one attached hydrogen (secondary N) is 1. The van der Waals surface area contributed by atoms with Crippen molar-refractivity contribution in [2.45, 2.75) is 32.9 Å². The Morgan fingerprint density at radius 2 is 1.85 bits per heavy atom. The summed E-state index contributed by atoms with van der Waals surface area (Å²) >= 11 is 0. The Morgan fingerprint density at radius 3 is 2.65 bits per heavy atom. The zero-order valence-electron chi connectivity index (χ0n) is 15.3. The highest BCUT2D eigenvalue weighted by atomic mass is 16.2. The Morgan fingerprint density at radius 1 is 1.04 bits per heavy atom. The van der Waals surface area contributed by atoms with E-state index in [0.29, 0.717) is 0 Å². The Bertz CT molecular complexity index is 963. The molecule has 1 amide bonds. The lowest BCUT2D eigenvalue weighted by Gasteiger charge is -2.44. The number of anilines is 2. The molecule has 4 heteroatoms. The molecule has 4 rings (SSSR count). The number of hydrogen-bond acceptors (Lipinski definition) is 3. The van der Waals surface area contributed by atoms with Gasteiger partial charge in [0.2, 0.25) is 5.91 Å². The highest BCUT2D eigenvalue weighted by Crippen LogP contribution is 2.42. The molecule has 0 radical (unpaired) electrons. The van der Waals surface area contributed by atoms with Crippen LogP contribution in [0.1, 0.15) is 32.4 Å². The molecule has 26 heavy (non-hydrogen) atoms. The lowest BCUT2D eigenvalue weighted by molar-refractivity contribution is -0.117. The number of aromatic nitrogens is 1. The van der Waals surface area contributed by atoms with E-state index in [0.717, 1.165) is 27.8 Å². The van der Waals surface area contributed by atoms with E-state index in [4.69, 9.17) is 0 Å². The van der Waals surface area contributed by atoms with Crippen LogP contribution in [-0.2, 0) is 4.79 Å². The van der Waals surface area contributed by atoms with Gasteiger partial charge in [-0.05, 0) is 42.8 Å². The maximum absolute atomic E-state index is 12.3. The van der Waals surface area contributed by atoms with E-state index in [1.54, 1.807) is 6.92 Å². The molecule has 0 aliphatic carbocycles. The third-order valence-corrected chi connectivity index (χ3v) is 5.52. The van der Waals surface area contributed by atoms with Crippen molar-refractivity contribution in [2.24, 2.45) is 5.92 Å². The summed E-state index contributed by atoms with van der Waals surface area (Å²) in [5, 5.41) is 4.85.